The van der Waals surface area contributed by atoms with Crippen LogP contribution in [-0.2, 0) is 5.41 Å². The van der Waals surface area contributed by atoms with Crippen LogP contribution in [0.4, 0.5) is 5.69 Å². The van der Waals surface area contributed by atoms with Crippen LogP contribution in [0.15, 0.2) is 42.5 Å². The molecule has 0 atom stereocenters. The molecule has 100 valence electrons. The van der Waals surface area contributed by atoms with E-state index in [1.54, 1.807) is 18.2 Å². The molecule has 0 heterocycles. The van der Waals surface area contributed by atoms with Gasteiger partial charge in [0, 0.05) is 6.07 Å². The zero-order valence-corrected chi connectivity index (χ0v) is 12.2. The Morgan fingerprint density at radius 3 is 2.05 bits per heavy atom. The lowest BCUT2D eigenvalue weighted by molar-refractivity contribution is 0.481. The first-order valence-corrected chi connectivity index (χ1v) is 6.57. The molecule has 2 N–H and O–H groups in total. The van der Waals surface area contributed by atoms with Crippen LogP contribution in [0.1, 0.15) is 26.3 Å². The molecule has 0 saturated carbocycles. The van der Waals surface area contributed by atoms with Crippen LogP contribution in [-0.4, -0.2) is 0 Å². The summed E-state index contributed by atoms with van der Waals surface area (Å²) in [6.45, 7) is 6.55. The molecule has 0 aliphatic rings. The number of halogens is 1. The normalized spacial score (nSPS) is 11.4. The molecule has 2 rings (SSSR count). The van der Waals surface area contributed by atoms with Crippen LogP contribution in [0.25, 0.3) is 0 Å². The number of anilines is 1. The molecule has 0 aromatic heterocycles. The maximum absolute atomic E-state index is 5.96. The van der Waals surface area contributed by atoms with Gasteiger partial charge in [0.2, 0.25) is 0 Å². The van der Waals surface area contributed by atoms with Gasteiger partial charge < -0.3 is 10.5 Å². The van der Waals surface area contributed by atoms with E-state index in [4.69, 9.17) is 22.1 Å². The van der Waals surface area contributed by atoms with Gasteiger partial charge in [-0.3, -0.25) is 0 Å². The largest absolute Gasteiger partial charge is 0.457 e. The lowest BCUT2D eigenvalue weighted by Gasteiger charge is -2.19. The van der Waals surface area contributed by atoms with Crippen LogP contribution in [0.2, 0.25) is 5.02 Å². The summed E-state index contributed by atoms with van der Waals surface area (Å²) in [5.74, 6) is 1.47. The number of nitrogen functional groups attached to an aromatic ring is 1. The van der Waals surface area contributed by atoms with Crippen LogP contribution in [0, 0.1) is 0 Å². The number of nitrogens with two attached hydrogens (primary N) is 1. The molecule has 0 unspecified atom stereocenters. The summed E-state index contributed by atoms with van der Waals surface area (Å²) in [5.41, 5.74) is 7.63. The third kappa shape index (κ3) is 3.42. The van der Waals surface area contributed by atoms with E-state index in [0.29, 0.717) is 16.5 Å². The summed E-state index contributed by atoms with van der Waals surface area (Å²) in [6, 6.07) is 13.3. The minimum absolute atomic E-state index is 0.142. The van der Waals surface area contributed by atoms with Gasteiger partial charge in [-0.25, -0.2) is 0 Å². The maximum atomic E-state index is 5.96. The Morgan fingerprint density at radius 2 is 1.53 bits per heavy atom. The highest BCUT2D eigenvalue weighted by atomic mass is 35.5. The Morgan fingerprint density at radius 1 is 0.947 bits per heavy atom. The van der Waals surface area contributed by atoms with Gasteiger partial charge in [0.25, 0.3) is 0 Å². The van der Waals surface area contributed by atoms with Gasteiger partial charge in [-0.15, -0.1) is 0 Å². The van der Waals surface area contributed by atoms with Crippen LogP contribution in [0.5, 0.6) is 11.5 Å². The summed E-state index contributed by atoms with van der Waals surface area (Å²) >= 11 is 5.96. The lowest BCUT2D eigenvalue weighted by Crippen LogP contribution is -2.10. The molecule has 0 spiro atoms. The van der Waals surface area contributed by atoms with Gasteiger partial charge in [-0.1, -0.05) is 44.5 Å². The number of ether oxygens (including phenoxy) is 1. The number of rotatable bonds is 2. The van der Waals surface area contributed by atoms with Gasteiger partial charge >= 0.3 is 0 Å². The van der Waals surface area contributed by atoms with Gasteiger partial charge in [0.1, 0.15) is 11.5 Å². The Bertz CT molecular complexity index is 570. The summed E-state index contributed by atoms with van der Waals surface area (Å²) in [5, 5.41) is 0.504. The standard InChI is InChI=1S/C16H18ClNO/c1-16(2,3)11-4-6-12(7-5-11)19-13-8-9-15(18)14(17)10-13/h4-10H,18H2,1-3H3. The molecule has 0 saturated heterocycles. The zero-order valence-electron chi connectivity index (χ0n) is 11.4. The van der Waals surface area contributed by atoms with E-state index in [1.165, 1.54) is 5.56 Å². The fourth-order valence-corrected chi connectivity index (χ4v) is 1.90. The smallest absolute Gasteiger partial charge is 0.129 e. The minimum Gasteiger partial charge on any atom is -0.457 e. The second-order valence-electron chi connectivity index (χ2n) is 5.56. The molecule has 2 aromatic carbocycles. The molecule has 2 nitrogen and oxygen atoms in total. The van der Waals surface area contributed by atoms with Crippen LogP contribution < -0.4 is 10.5 Å². The molecule has 0 radical (unpaired) electrons. The van der Waals surface area contributed by atoms with Gasteiger partial charge in [0.05, 0.1) is 10.7 Å². The third-order valence-electron chi connectivity index (χ3n) is 2.93. The van der Waals surface area contributed by atoms with E-state index < -0.39 is 0 Å². The van der Waals surface area contributed by atoms with Crippen molar-refractivity contribution in [3.63, 3.8) is 0 Å². The molecular formula is C16H18ClNO. The lowest BCUT2D eigenvalue weighted by atomic mass is 9.87. The second-order valence-corrected chi connectivity index (χ2v) is 5.97. The van der Waals surface area contributed by atoms with E-state index >= 15 is 0 Å². The summed E-state index contributed by atoms with van der Waals surface area (Å²) in [4.78, 5) is 0. The van der Waals surface area contributed by atoms with E-state index in [1.807, 2.05) is 12.1 Å². The molecule has 0 aliphatic heterocycles. The first kappa shape index (κ1) is 13.8. The van der Waals surface area contributed by atoms with E-state index in [0.717, 1.165) is 5.75 Å². The first-order chi connectivity index (χ1) is 8.86. The average Bonchev–Trinajstić information content (AvgIpc) is 2.33. The predicted octanol–water partition coefficient (Wildman–Crippen LogP) is 5.01. The molecule has 0 fully saturated rings. The van der Waals surface area contributed by atoms with Gasteiger partial charge in [-0.05, 0) is 35.2 Å². The fraction of sp³-hybridized carbons (Fsp3) is 0.250. The van der Waals surface area contributed by atoms with Crippen molar-refractivity contribution in [1.29, 1.82) is 0 Å². The van der Waals surface area contributed by atoms with Crippen molar-refractivity contribution < 1.29 is 4.74 Å². The van der Waals surface area contributed by atoms with Crippen molar-refractivity contribution in [3.8, 4) is 11.5 Å². The van der Waals surface area contributed by atoms with Crippen molar-refractivity contribution in [1.82, 2.24) is 0 Å². The monoisotopic (exact) mass is 275 g/mol. The number of benzene rings is 2. The van der Waals surface area contributed by atoms with Crippen LogP contribution >= 0.6 is 11.6 Å². The highest BCUT2D eigenvalue weighted by molar-refractivity contribution is 6.33. The molecule has 3 heteroatoms. The average molecular weight is 276 g/mol. The summed E-state index contributed by atoms with van der Waals surface area (Å²) in [6.07, 6.45) is 0. The maximum Gasteiger partial charge on any atom is 0.129 e. The minimum atomic E-state index is 0.142. The molecule has 19 heavy (non-hydrogen) atoms. The fourth-order valence-electron chi connectivity index (χ4n) is 1.73. The van der Waals surface area contributed by atoms with Gasteiger partial charge in [0.15, 0.2) is 0 Å². The highest BCUT2D eigenvalue weighted by Crippen LogP contribution is 2.29. The Labute approximate surface area is 119 Å². The quantitative estimate of drug-likeness (QED) is 0.782. The van der Waals surface area contributed by atoms with Crippen LogP contribution in [0.3, 0.4) is 0 Å². The Balaban J connectivity index is 2.17. The number of hydrogen-bond donors (Lipinski definition) is 1. The van der Waals surface area contributed by atoms with E-state index in [-0.39, 0.29) is 5.41 Å². The number of hydrogen-bond acceptors (Lipinski definition) is 2. The topological polar surface area (TPSA) is 35.2 Å². The molecule has 0 amide bonds. The highest BCUT2D eigenvalue weighted by Gasteiger charge is 2.13. The molecule has 0 bridgehead atoms. The van der Waals surface area contributed by atoms with Crippen molar-refractivity contribution in [2.75, 3.05) is 5.73 Å². The second kappa shape index (κ2) is 5.14. The van der Waals surface area contributed by atoms with Crippen molar-refractivity contribution in [2.45, 2.75) is 26.2 Å². The van der Waals surface area contributed by atoms with Gasteiger partial charge in [-0.2, -0.15) is 0 Å². The van der Waals surface area contributed by atoms with Crippen molar-refractivity contribution in [2.24, 2.45) is 0 Å². The van der Waals surface area contributed by atoms with E-state index in [2.05, 4.69) is 32.9 Å². The first-order valence-electron chi connectivity index (χ1n) is 6.20. The molecular weight excluding hydrogens is 258 g/mol. The Hall–Kier alpha value is -1.67. The van der Waals surface area contributed by atoms with E-state index in [9.17, 15) is 0 Å². The molecule has 2 aromatic rings. The predicted molar refractivity (Wildman–Crippen MR) is 81.1 cm³/mol. The molecule has 0 aliphatic carbocycles. The Kier molecular flexibility index (Phi) is 3.72. The third-order valence-corrected chi connectivity index (χ3v) is 3.26. The zero-order chi connectivity index (χ0) is 14.0. The summed E-state index contributed by atoms with van der Waals surface area (Å²) < 4.78 is 5.74. The van der Waals surface area contributed by atoms with Crippen molar-refractivity contribution in [3.05, 3.63) is 53.1 Å². The van der Waals surface area contributed by atoms with Crippen molar-refractivity contribution >= 4 is 17.3 Å². The SMILES string of the molecule is CC(C)(C)c1ccc(Oc2ccc(N)c(Cl)c2)cc1. The summed E-state index contributed by atoms with van der Waals surface area (Å²) in [7, 11) is 0.